The minimum Gasteiger partial charge on any atom is -0.395 e. The van der Waals surface area contributed by atoms with Crippen molar-refractivity contribution in [3.05, 3.63) is 0 Å². The Bertz CT molecular complexity index is 162. The Hall–Kier alpha value is -0.240. The lowest BCUT2D eigenvalue weighted by atomic mass is 10.4. The number of rotatable bonds is 6. The van der Waals surface area contributed by atoms with Crippen LogP contribution in [0.25, 0.3) is 0 Å². The number of aliphatic hydroxyl groups is 3. The van der Waals surface area contributed by atoms with E-state index in [1.807, 2.05) is 0 Å². The molecule has 0 bridgehead atoms. The van der Waals surface area contributed by atoms with Crippen LogP contribution in [0.4, 0.5) is 0 Å². The molecule has 6 heteroatoms. The minimum atomic E-state index is 0.181. The molecule has 3 N–H and O–H groups in total. The van der Waals surface area contributed by atoms with Gasteiger partial charge in [-0.05, 0) is 0 Å². The number of hydrogen-bond acceptors (Lipinski definition) is 6. The summed E-state index contributed by atoms with van der Waals surface area (Å²) in [5, 5.41) is 27.1. The first-order chi connectivity index (χ1) is 8.80. The third-order valence-corrected chi connectivity index (χ3v) is 3.45. The van der Waals surface area contributed by atoms with E-state index < -0.39 is 0 Å². The smallest absolute Gasteiger partial charge is 0.0558 e. The van der Waals surface area contributed by atoms with Gasteiger partial charge in [0.1, 0.15) is 0 Å². The van der Waals surface area contributed by atoms with Crippen LogP contribution in [-0.2, 0) is 0 Å². The highest BCUT2D eigenvalue weighted by Crippen LogP contribution is 2.00. The lowest BCUT2D eigenvalue weighted by molar-refractivity contribution is 0.161. The molecule has 0 unspecified atom stereocenters. The van der Waals surface area contributed by atoms with Crippen LogP contribution in [-0.4, -0.2) is 109 Å². The van der Waals surface area contributed by atoms with Crippen LogP contribution in [0.5, 0.6) is 0 Å². The summed E-state index contributed by atoms with van der Waals surface area (Å²) >= 11 is 0. The molecule has 0 aromatic heterocycles. The molecule has 0 saturated carbocycles. The van der Waals surface area contributed by atoms with Crippen molar-refractivity contribution in [3.8, 4) is 0 Å². The second-order valence-electron chi connectivity index (χ2n) is 4.70. The van der Waals surface area contributed by atoms with E-state index in [0.717, 1.165) is 39.3 Å². The van der Waals surface area contributed by atoms with E-state index in [1.54, 1.807) is 0 Å². The summed E-state index contributed by atoms with van der Waals surface area (Å²) in [6.45, 7) is 8.17. The normalized spacial score (nSPS) is 21.5. The van der Waals surface area contributed by atoms with Gasteiger partial charge in [0.05, 0.1) is 19.8 Å². The molecule has 1 aliphatic rings. The van der Waals surface area contributed by atoms with Gasteiger partial charge < -0.3 is 15.3 Å². The summed E-state index contributed by atoms with van der Waals surface area (Å²) in [7, 11) is 0. The average molecular weight is 261 g/mol. The Balaban J connectivity index is 2.50. The molecule has 1 fully saturated rings. The van der Waals surface area contributed by atoms with Gasteiger partial charge in [0, 0.05) is 58.9 Å². The molecule has 0 aromatic rings. The van der Waals surface area contributed by atoms with Gasteiger partial charge in [-0.1, -0.05) is 0 Å². The number of hydrogen-bond donors (Lipinski definition) is 3. The second-order valence-corrected chi connectivity index (χ2v) is 4.70. The van der Waals surface area contributed by atoms with Crippen molar-refractivity contribution >= 4 is 0 Å². The van der Waals surface area contributed by atoms with Crippen LogP contribution in [0, 0.1) is 0 Å². The second kappa shape index (κ2) is 9.66. The molecule has 0 aromatic carbocycles. The average Bonchev–Trinajstić information content (AvgIpc) is 2.45. The maximum absolute atomic E-state index is 9.04. The van der Waals surface area contributed by atoms with E-state index in [2.05, 4.69) is 14.7 Å². The summed E-state index contributed by atoms with van der Waals surface area (Å²) in [5.41, 5.74) is 0. The zero-order valence-electron chi connectivity index (χ0n) is 11.2. The van der Waals surface area contributed by atoms with Crippen LogP contribution in [0.3, 0.4) is 0 Å². The molecule has 0 amide bonds. The molecule has 1 rings (SSSR count). The first-order valence-corrected chi connectivity index (χ1v) is 6.79. The predicted octanol–water partition coefficient (Wildman–Crippen LogP) is -2.12. The largest absolute Gasteiger partial charge is 0.395 e. The van der Waals surface area contributed by atoms with Crippen LogP contribution in [0.2, 0.25) is 0 Å². The molecule has 108 valence electrons. The molecule has 0 aliphatic carbocycles. The molecule has 0 radical (unpaired) electrons. The Morgan fingerprint density at radius 1 is 0.500 bits per heavy atom. The lowest BCUT2D eigenvalue weighted by Gasteiger charge is -2.24. The van der Waals surface area contributed by atoms with Crippen molar-refractivity contribution in [2.75, 3.05) is 78.7 Å². The van der Waals surface area contributed by atoms with Crippen LogP contribution < -0.4 is 0 Å². The molecular formula is C12H27N3O3. The highest BCUT2D eigenvalue weighted by atomic mass is 16.3. The monoisotopic (exact) mass is 261 g/mol. The highest BCUT2D eigenvalue weighted by Gasteiger charge is 2.15. The highest BCUT2D eigenvalue weighted by molar-refractivity contribution is 4.71. The van der Waals surface area contributed by atoms with Gasteiger partial charge >= 0.3 is 0 Å². The van der Waals surface area contributed by atoms with Crippen molar-refractivity contribution in [2.45, 2.75) is 0 Å². The van der Waals surface area contributed by atoms with E-state index in [-0.39, 0.29) is 19.8 Å². The molecule has 1 aliphatic heterocycles. The predicted molar refractivity (Wildman–Crippen MR) is 70.6 cm³/mol. The lowest BCUT2D eigenvalue weighted by Crippen LogP contribution is -2.38. The van der Waals surface area contributed by atoms with Crippen molar-refractivity contribution in [1.29, 1.82) is 0 Å². The third-order valence-electron chi connectivity index (χ3n) is 3.45. The number of β-amino-alcohol motifs (C(OH)–C–C–N with tert-alkyl or cyclic N) is 3. The van der Waals surface area contributed by atoms with E-state index in [0.29, 0.717) is 19.6 Å². The Labute approximate surface area is 109 Å². The minimum absolute atomic E-state index is 0.181. The molecule has 18 heavy (non-hydrogen) atoms. The number of aliphatic hydroxyl groups excluding tert-OH is 3. The van der Waals surface area contributed by atoms with Gasteiger partial charge in [0.2, 0.25) is 0 Å². The van der Waals surface area contributed by atoms with Crippen molar-refractivity contribution in [3.63, 3.8) is 0 Å². The quantitative estimate of drug-likeness (QED) is 0.508. The topological polar surface area (TPSA) is 70.4 Å². The molecule has 1 saturated heterocycles. The molecule has 0 spiro atoms. The van der Waals surface area contributed by atoms with Crippen molar-refractivity contribution in [2.24, 2.45) is 0 Å². The van der Waals surface area contributed by atoms with E-state index in [1.165, 1.54) is 0 Å². The SMILES string of the molecule is OCCN1CCN(CCO)CCN(CCO)CC1. The Morgan fingerprint density at radius 2 is 0.722 bits per heavy atom. The van der Waals surface area contributed by atoms with E-state index in [4.69, 9.17) is 15.3 Å². The number of nitrogens with zero attached hydrogens (tertiary/aromatic N) is 3. The van der Waals surface area contributed by atoms with Gasteiger partial charge in [-0.2, -0.15) is 0 Å². The standard InChI is InChI=1S/C12H27N3O3/c16-10-7-13-1-2-14(8-11-17)5-6-15(4-3-13)9-12-18/h16-18H,1-12H2. The molecule has 0 atom stereocenters. The van der Waals surface area contributed by atoms with Crippen LogP contribution >= 0.6 is 0 Å². The third kappa shape index (κ3) is 6.08. The van der Waals surface area contributed by atoms with E-state index in [9.17, 15) is 0 Å². The van der Waals surface area contributed by atoms with Gasteiger partial charge in [-0.25, -0.2) is 0 Å². The summed E-state index contributed by atoms with van der Waals surface area (Å²) in [5.74, 6) is 0. The maximum Gasteiger partial charge on any atom is 0.0558 e. The summed E-state index contributed by atoms with van der Waals surface area (Å²) in [4.78, 5) is 6.71. The molecular weight excluding hydrogens is 234 g/mol. The Morgan fingerprint density at radius 3 is 0.889 bits per heavy atom. The summed E-state index contributed by atoms with van der Waals surface area (Å²) in [6.07, 6.45) is 0. The fourth-order valence-electron chi connectivity index (χ4n) is 2.28. The zero-order valence-corrected chi connectivity index (χ0v) is 11.2. The first kappa shape index (κ1) is 15.8. The van der Waals surface area contributed by atoms with Crippen LogP contribution in [0.15, 0.2) is 0 Å². The Kier molecular flexibility index (Phi) is 8.49. The van der Waals surface area contributed by atoms with Crippen molar-refractivity contribution < 1.29 is 15.3 Å². The van der Waals surface area contributed by atoms with Gasteiger partial charge in [0.15, 0.2) is 0 Å². The first-order valence-electron chi connectivity index (χ1n) is 6.79. The molecule has 6 nitrogen and oxygen atoms in total. The zero-order chi connectivity index (χ0) is 13.2. The summed E-state index contributed by atoms with van der Waals surface area (Å²) in [6, 6.07) is 0. The van der Waals surface area contributed by atoms with Gasteiger partial charge in [-0.15, -0.1) is 0 Å². The van der Waals surface area contributed by atoms with E-state index >= 15 is 0 Å². The molecule has 1 heterocycles. The van der Waals surface area contributed by atoms with Gasteiger partial charge in [0.25, 0.3) is 0 Å². The summed E-state index contributed by atoms with van der Waals surface area (Å²) < 4.78 is 0. The van der Waals surface area contributed by atoms with Crippen molar-refractivity contribution in [1.82, 2.24) is 14.7 Å². The maximum atomic E-state index is 9.04. The van der Waals surface area contributed by atoms with Gasteiger partial charge in [-0.3, -0.25) is 14.7 Å². The van der Waals surface area contributed by atoms with Crippen LogP contribution in [0.1, 0.15) is 0 Å². The fourth-order valence-corrected chi connectivity index (χ4v) is 2.28. The fraction of sp³-hybridized carbons (Fsp3) is 1.00.